The Kier molecular flexibility index (Phi) is 12.8. The third-order valence-corrected chi connectivity index (χ3v) is 10.9. The summed E-state index contributed by atoms with van der Waals surface area (Å²) in [6.07, 6.45) is -0.885. The third kappa shape index (κ3) is 8.55. The molecule has 14 heteroatoms. The molecule has 1 aliphatic heterocycles. The van der Waals surface area contributed by atoms with Crippen LogP contribution in [0.2, 0.25) is 0 Å². The van der Waals surface area contributed by atoms with Gasteiger partial charge in [0, 0.05) is 17.4 Å². The minimum Gasteiger partial charge on any atom is -0.469 e. The second-order valence-electron chi connectivity index (χ2n) is 12.9. The van der Waals surface area contributed by atoms with Gasteiger partial charge in [0.05, 0.1) is 26.6 Å². The molecule has 0 spiro atoms. The Morgan fingerprint density at radius 2 is 1.48 bits per heavy atom. The van der Waals surface area contributed by atoms with E-state index in [0.29, 0.717) is 0 Å². The number of esters is 3. The summed E-state index contributed by atoms with van der Waals surface area (Å²) in [6.45, 7) is 10.2. The fourth-order valence-electron chi connectivity index (χ4n) is 5.37. The molecule has 2 N–H and O–H groups in total. The van der Waals surface area contributed by atoms with Crippen molar-refractivity contribution in [3.8, 4) is 0 Å². The molecule has 1 unspecified atom stereocenters. The molecule has 0 aromatic heterocycles. The smallest absolute Gasteiger partial charge is 0.408 e. The third-order valence-electron chi connectivity index (χ3n) is 7.27. The Labute approximate surface area is 279 Å². The van der Waals surface area contributed by atoms with Crippen LogP contribution in [0.5, 0.6) is 0 Å². The van der Waals surface area contributed by atoms with Crippen molar-refractivity contribution in [1.82, 2.24) is 10.6 Å². The van der Waals surface area contributed by atoms with Crippen molar-refractivity contribution >= 4 is 59.3 Å². The van der Waals surface area contributed by atoms with Crippen molar-refractivity contribution < 1.29 is 47.7 Å². The molecule has 3 amide bonds. The maximum absolute atomic E-state index is 13.8. The molecule has 1 aromatic carbocycles. The van der Waals surface area contributed by atoms with Gasteiger partial charge in [0.15, 0.2) is 0 Å². The number of nitrogens with one attached hydrogen (secondary N) is 2. The van der Waals surface area contributed by atoms with Crippen molar-refractivity contribution in [3.05, 3.63) is 35.9 Å². The van der Waals surface area contributed by atoms with E-state index in [1.54, 1.807) is 41.5 Å². The Morgan fingerprint density at radius 3 is 2.02 bits per heavy atom. The lowest BCUT2D eigenvalue weighted by atomic mass is 9.61. The van der Waals surface area contributed by atoms with E-state index in [4.69, 9.17) is 18.9 Å². The maximum atomic E-state index is 13.8. The van der Waals surface area contributed by atoms with Gasteiger partial charge >= 0.3 is 24.0 Å². The van der Waals surface area contributed by atoms with Crippen LogP contribution in [0.4, 0.5) is 4.79 Å². The molecule has 256 valence electrons. The van der Waals surface area contributed by atoms with E-state index >= 15 is 0 Å². The molecule has 0 radical (unpaired) electrons. The summed E-state index contributed by atoms with van der Waals surface area (Å²) in [5, 5.41) is 5.00. The first kappa shape index (κ1) is 38.9. The lowest BCUT2D eigenvalue weighted by molar-refractivity contribution is -0.160. The van der Waals surface area contributed by atoms with Gasteiger partial charge in [-0.25, -0.2) is 9.59 Å². The van der Waals surface area contributed by atoms with E-state index in [2.05, 4.69) is 10.6 Å². The van der Waals surface area contributed by atoms with Crippen LogP contribution in [-0.2, 0) is 42.9 Å². The number of ether oxygens (including phenoxy) is 4. The van der Waals surface area contributed by atoms with E-state index in [-0.39, 0.29) is 31.8 Å². The average Bonchev–Trinajstić information content (AvgIpc) is 3.07. The molecule has 5 atom stereocenters. The van der Waals surface area contributed by atoms with Gasteiger partial charge in [0.25, 0.3) is 0 Å². The van der Waals surface area contributed by atoms with Crippen molar-refractivity contribution in [3.63, 3.8) is 0 Å². The van der Waals surface area contributed by atoms with E-state index in [1.807, 2.05) is 30.3 Å². The Morgan fingerprint density at radius 1 is 0.891 bits per heavy atom. The average molecular weight is 683 g/mol. The number of methoxy groups -OCH3 is 2. The Bertz CT molecular complexity index is 1310. The molecule has 1 aromatic rings. The minimum atomic E-state index is -1.43. The number of fused-ring (bicyclic) bond motifs is 1. The first-order valence-electron chi connectivity index (χ1n) is 14.4. The predicted octanol–water partition coefficient (Wildman–Crippen LogP) is 4.00. The molecular formula is C32H46N2O10S2. The van der Waals surface area contributed by atoms with Gasteiger partial charge in [-0.05, 0) is 53.5 Å². The molecule has 12 nitrogen and oxygen atoms in total. The standard InChI is InChI=1S/C31H42N2O10S2.CH4/c1-28(2,3)42-22(34)14-19(23(35)40-7)16-44-30-15-20(18-12-10-9-11-13-18)31(30,26(38)33-25(30)37)45-17-21(24(36)41-8)32-27(39)43-29(4,5)6;/h9-13,19-21H,14-17H2,1-8H3,(H,32,39)(H,33,37,38);1H4/t19-,20?,21-,30-,31+;/m0./s1. The number of hydrogen-bond donors (Lipinski definition) is 2. The highest BCUT2D eigenvalue weighted by molar-refractivity contribution is 8.06. The zero-order chi connectivity index (χ0) is 33.8. The number of rotatable bonds is 12. The fraction of sp³-hybridized carbons (Fsp3) is 0.625. The van der Waals surface area contributed by atoms with Crippen molar-refractivity contribution in [1.29, 1.82) is 0 Å². The number of amides is 3. The first-order valence-corrected chi connectivity index (χ1v) is 16.4. The normalized spacial score (nSPS) is 23.3. The molecule has 46 heavy (non-hydrogen) atoms. The first-order chi connectivity index (χ1) is 20.9. The van der Waals surface area contributed by atoms with Gasteiger partial charge in [0.2, 0.25) is 11.8 Å². The Balaban J connectivity index is 0.00000736. The topological polar surface area (TPSA) is 163 Å². The molecule has 2 aliphatic rings. The lowest BCUT2D eigenvalue weighted by Crippen LogP contribution is -2.67. The van der Waals surface area contributed by atoms with E-state index in [0.717, 1.165) is 29.1 Å². The van der Waals surface area contributed by atoms with E-state index in [9.17, 15) is 28.8 Å². The van der Waals surface area contributed by atoms with Crippen molar-refractivity contribution in [2.75, 3.05) is 25.7 Å². The van der Waals surface area contributed by atoms with Gasteiger partial charge in [0.1, 0.15) is 26.7 Å². The van der Waals surface area contributed by atoms with Gasteiger partial charge in [-0.1, -0.05) is 37.8 Å². The second kappa shape index (κ2) is 15.1. The second-order valence-corrected chi connectivity index (χ2v) is 15.5. The van der Waals surface area contributed by atoms with Gasteiger partial charge in [-0.15, -0.1) is 23.5 Å². The van der Waals surface area contributed by atoms with Gasteiger partial charge < -0.3 is 24.3 Å². The molecule has 3 rings (SSSR count). The summed E-state index contributed by atoms with van der Waals surface area (Å²) in [7, 11) is 2.38. The van der Waals surface area contributed by atoms with E-state index < -0.39 is 74.4 Å². The Hall–Kier alpha value is -3.26. The highest BCUT2D eigenvalue weighted by atomic mass is 32.2. The summed E-state index contributed by atoms with van der Waals surface area (Å²) in [5.41, 5.74) is -0.797. The minimum absolute atomic E-state index is 0. The number of alkyl carbamates (subject to hydrolysis) is 1. The van der Waals surface area contributed by atoms with Crippen LogP contribution in [0.25, 0.3) is 0 Å². The molecule has 2 fully saturated rings. The van der Waals surface area contributed by atoms with Crippen LogP contribution in [0.15, 0.2) is 30.3 Å². The van der Waals surface area contributed by atoms with Crippen LogP contribution in [0.1, 0.15) is 73.3 Å². The molecule has 1 heterocycles. The highest BCUT2D eigenvalue weighted by Gasteiger charge is 2.78. The zero-order valence-electron chi connectivity index (χ0n) is 26.8. The highest BCUT2D eigenvalue weighted by Crippen LogP contribution is 2.68. The van der Waals surface area contributed by atoms with Crippen LogP contribution >= 0.6 is 23.5 Å². The van der Waals surface area contributed by atoms with Gasteiger partial charge in [-0.3, -0.25) is 24.5 Å². The quantitative estimate of drug-likeness (QED) is 0.185. The fourth-order valence-corrected chi connectivity index (χ4v) is 9.04. The summed E-state index contributed by atoms with van der Waals surface area (Å²) in [4.78, 5) is 78.2. The number of thioether (sulfide) groups is 2. The number of hydrogen-bond acceptors (Lipinski definition) is 12. The largest absolute Gasteiger partial charge is 0.469 e. The van der Waals surface area contributed by atoms with Crippen molar-refractivity contribution in [2.45, 2.75) is 94.5 Å². The van der Waals surface area contributed by atoms with E-state index in [1.165, 1.54) is 14.2 Å². The summed E-state index contributed by atoms with van der Waals surface area (Å²) >= 11 is 2.16. The number of carbonyl (C=O) groups is 6. The molecule has 1 saturated carbocycles. The van der Waals surface area contributed by atoms with Crippen LogP contribution in [0.3, 0.4) is 0 Å². The lowest BCUT2D eigenvalue weighted by Gasteiger charge is -2.56. The zero-order valence-corrected chi connectivity index (χ0v) is 28.5. The van der Waals surface area contributed by atoms with Crippen molar-refractivity contribution in [2.24, 2.45) is 5.92 Å². The monoisotopic (exact) mass is 682 g/mol. The summed E-state index contributed by atoms with van der Waals surface area (Å²) < 4.78 is 17.8. The molecular weight excluding hydrogens is 636 g/mol. The number of benzene rings is 1. The molecule has 1 saturated heterocycles. The number of carbonyl (C=O) groups excluding carboxylic acids is 6. The van der Waals surface area contributed by atoms with Crippen LogP contribution < -0.4 is 10.6 Å². The van der Waals surface area contributed by atoms with Crippen LogP contribution in [0, 0.1) is 5.92 Å². The number of imide groups is 1. The molecule has 1 aliphatic carbocycles. The maximum Gasteiger partial charge on any atom is 0.408 e. The molecule has 0 bridgehead atoms. The predicted molar refractivity (Wildman–Crippen MR) is 175 cm³/mol. The summed E-state index contributed by atoms with van der Waals surface area (Å²) in [5.74, 6) is -4.66. The van der Waals surface area contributed by atoms with Crippen LogP contribution in [-0.4, -0.2) is 88.3 Å². The van der Waals surface area contributed by atoms with Gasteiger partial charge in [-0.2, -0.15) is 0 Å². The SMILES string of the molecule is C.COC(=O)[C@H](CS[C@]12CC(c3ccccc3)[C@@]1(SC[C@H](NC(=O)OC(C)(C)C)C(=O)OC)C(=O)NC2=O)CC(=O)OC(C)(C)C. The summed E-state index contributed by atoms with van der Waals surface area (Å²) in [6, 6.07) is 7.99.